The van der Waals surface area contributed by atoms with Gasteiger partial charge in [0.1, 0.15) is 0 Å². The van der Waals surface area contributed by atoms with Crippen LogP contribution in [0.3, 0.4) is 0 Å². The minimum absolute atomic E-state index is 0.238. The maximum Gasteiger partial charge on any atom is 0.0467 e. The van der Waals surface area contributed by atoms with Crippen molar-refractivity contribution in [1.29, 1.82) is 0 Å². The van der Waals surface area contributed by atoms with Gasteiger partial charge >= 0.3 is 0 Å². The Morgan fingerprint density at radius 3 is 2.47 bits per heavy atom. The molecule has 2 fully saturated rings. The van der Waals surface area contributed by atoms with Crippen LogP contribution < -0.4 is 5.73 Å². The molecule has 1 aliphatic carbocycles. The summed E-state index contributed by atoms with van der Waals surface area (Å²) >= 11 is 0. The molecule has 1 saturated heterocycles. The van der Waals surface area contributed by atoms with Gasteiger partial charge in [-0.1, -0.05) is 19.3 Å². The van der Waals surface area contributed by atoms with Gasteiger partial charge in [-0.25, -0.2) is 0 Å². The zero-order valence-electron chi connectivity index (χ0n) is 13.2. The second-order valence-corrected chi connectivity index (χ2v) is 7.13. The summed E-state index contributed by atoms with van der Waals surface area (Å²) in [6.07, 6.45) is 8.42. The van der Waals surface area contributed by atoms with Crippen molar-refractivity contribution in [2.45, 2.75) is 64.0 Å². The molecule has 2 rings (SSSR count). The van der Waals surface area contributed by atoms with Crippen LogP contribution in [0.1, 0.15) is 52.4 Å². The van der Waals surface area contributed by atoms with E-state index < -0.39 is 0 Å². The highest BCUT2D eigenvalue weighted by atomic mass is 15.3. The molecule has 0 aromatic heterocycles. The number of rotatable bonds is 5. The summed E-state index contributed by atoms with van der Waals surface area (Å²) in [5, 5.41) is 0. The van der Waals surface area contributed by atoms with Gasteiger partial charge in [-0.3, -0.25) is 9.80 Å². The second-order valence-electron chi connectivity index (χ2n) is 7.13. The number of likely N-dealkylation sites (N-methyl/N-ethyl adjacent to an activating group) is 1. The van der Waals surface area contributed by atoms with Crippen molar-refractivity contribution in [3.05, 3.63) is 0 Å². The molecule has 2 aliphatic rings. The van der Waals surface area contributed by atoms with Crippen LogP contribution >= 0.6 is 0 Å². The lowest BCUT2D eigenvalue weighted by Crippen LogP contribution is -2.55. The Hall–Kier alpha value is -0.120. The molecule has 0 spiro atoms. The van der Waals surface area contributed by atoms with Gasteiger partial charge in [-0.2, -0.15) is 0 Å². The van der Waals surface area contributed by atoms with Crippen molar-refractivity contribution in [2.75, 3.05) is 33.2 Å². The molecule has 1 unspecified atom stereocenters. The van der Waals surface area contributed by atoms with E-state index >= 15 is 0 Å². The maximum atomic E-state index is 6.17. The molecular weight excluding hydrogens is 234 g/mol. The third-order valence-corrected chi connectivity index (χ3v) is 5.54. The monoisotopic (exact) mass is 267 g/mol. The number of hydrogen-bond donors (Lipinski definition) is 1. The maximum absolute atomic E-state index is 6.17. The van der Waals surface area contributed by atoms with Crippen molar-refractivity contribution in [1.82, 2.24) is 9.80 Å². The molecule has 19 heavy (non-hydrogen) atoms. The lowest BCUT2D eigenvalue weighted by molar-refractivity contribution is 0.0955. The smallest absolute Gasteiger partial charge is 0.0467 e. The molecular formula is C16H33N3. The van der Waals surface area contributed by atoms with E-state index in [1.807, 2.05) is 0 Å². The third-order valence-electron chi connectivity index (χ3n) is 5.54. The molecule has 1 aliphatic heterocycles. The quantitative estimate of drug-likeness (QED) is 0.829. The van der Waals surface area contributed by atoms with Crippen molar-refractivity contribution in [3.8, 4) is 0 Å². The van der Waals surface area contributed by atoms with E-state index in [9.17, 15) is 0 Å². The van der Waals surface area contributed by atoms with E-state index in [2.05, 4.69) is 30.7 Å². The molecule has 112 valence electrons. The molecule has 3 nitrogen and oxygen atoms in total. The third kappa shape index (κ3) is 3.50. The van der Waals surface area contributed by atoms with Crippen LogP contribution in [0.2, 0.25) is 0 Å². The normalized spacial score (nSPS) is 30.6. The zero-order valence-corrected chi connectivity index (χ0v) is 13.2. The fraction of sp³-hybridized carbons (Fsp3) is 1.00. The first-order valence-corrected chi connectivity index (χ1v) is 8.23. The van der Waals surface area contributed by atoms with Gasteiger partial charge in [0.05, 0.1) is 0 Å². The first-order valence-electron chi connectivity index (χ1n) is 8.23. The molecule has 1 atom stereocenters. The van der Waals surface area contributed by atoms with Gasteiger partial charge in [-0.15, -0.1) is 0 Å². The Labute approximate surface area is 119 Å². The van der Waals surface area contributed by atoms with Crippen LogP contribution in [0.25, 0.3) is 0 Å². The summed E-state index contributed by atoms with van der Waals surface area (Å²) in [6.45, 7) is 9.03. The average Bonchev–Trinajstić information content (AvgIpc) is 2.86. The Morgan fingerprint density at radius 1 is 1.26 bits per heavy atom. The van der Waals surface area contributed by atoms with Crippen LogP contribution in [-0.4, -0.2) is 54.6 Å². The number of nitrogens with two attached hydrogens (primary N) is 1. The van der Waals surface area contributed by atoms with Gasteiger partial charge < -0.3 is 5.73 Å². The molecule has 0 amide bonds. The molecule has 0 aromatic carbocycles. The zero-order chi connectivity index (χ0) is 13.9. The van der Waals surface area contributed by atoms with E-state index in [1.165, 1.54) is 51.6 Å². The van der Waals surface area contributed by atoms with Crippen molar-refractivity contribution < 1.29 is 0 Å². The number of likely N-dealkylation sites (tertiary alicyclic amines) is 1. The van der Waals surface area contributed by atoms with Crippen molar-refractivity contribution in [2.24, 2.45) is 11.7 Å². The standard InChI is InChI=1S/C16H33N3/c1-14(2)19-10-9-16(12-17,13-19)18(3)11-15-7-5-4-6-8-15/h14-15H,4-13,17H2,1-3H3. The van der Waals surface area contributed by atoms with Gasteiger partial charge in [0.2, 0.25) is 0 Å². The van der Waals surface area contributed by atoms with Gasteiger partial charge in [-0.05, 0) is 46.1 Å². The lowest BCUT2D eigenvalue weighted by Gasteiger charge is -2.41. The van der Waals surface area contributed by atoms with Crippen LogP contribution in [0, 0.1) is 5.92 Å². The first kappa shape index (κ1) is 15.3. The van der Waals surface area contributed by atoms with Gasteiger partial charge in [0, 0.05) is 37.8 Å². The predicted molar refractivity (Wildman–Crippen MR) is 82.3 cm³/mol. The van der Waals surface area contributed by atoms with E-state index in [-0.39, 0.29) is 5.54 Å². The number of hydrogen-bond acceptors (Lipinski definition) is 3. The van der Waals surface area contributed by atoms with Crippen LogP contribution in [0.15, 0.2) is 0 Å². The summed E-state index contributed by atoms with van der Waals surface area (Å²) in [7, 11) is 2.31. The van der Waals surface area contributed by atoms with Crippen molar-refractivity contribution in [3.63, 3.8) is 0 Å². The SMILES string of the molecule is CC(C)N1CCC(CN)(N(C)CC2CCCCC2)C1. The van der Waals surface area contributed by atoms with Gasteiger partial charge in [0.25, 0.3) is 0 Å². The molecule has 2 N–H and O–H groups in total. The van der Waals surface area contributed by atoms with Crippen molar-refractivity contribution >= 4 is 0 Å². The van der Waals surface area contributed by atoms with E-state index in [0.29, 0.717) is 6.04 Å². The van der Waals surface area contributed by atoms with Crippen LogP contribution in [0.5, 0.6) is 0 Å². The molecule has 0 bridgehead atoms. The van der Waals surface area contributed by atoms with E-state index in [1.54, 1.807) is 0 Å². The summed E-state index contributed by atoms with van der Waals surface area (Å²) in [5.74, 6) is 0.912. The Morgan fingerprint density at radius 2 is 1.95 bits per heavy atom. The Kier molecular flexibility index (Phi) is 5.27. The number of nitrogens with zero attached hydrogens (tertiary/aromatic N) is 2. The minimum atomic E-state index is 0.238. The highest BCUT2D eigenvalue weighted by Gasteiger charge is 2.41. The second kappa shape index (κ2) is 6.55. The molecule has 1 heterocycles. The van der Waals surface area contributed by atoms with Gasteiger partial charge in [0.15, 0.2) is 0 Å². The fourth-order valence-electron chi connectivity index (χ4n) is 3.91. The highest BCUT2D eigenvalue weighted by molar-refractivity contribution is 5.00. The average molecular weight is 267 g/mol. The van der Waals surface area contributed by atoms with Crippen LogP contribution in [0.4, 0.5) is 0 Å². The molecule has 1 saturated carbocycles. The molecule has 0 aromatic rings. The first-order chi connectivity index (χ1) is 9.07. The largest absolute Gasteiger partial charge is 0.329 e. The molecule has 0 radical (unpaired) electrons. The summed E-state index contributed by atoms with van der Waals surface area (Å²) in [4.78, 5) is 5.19. The highest BCUT2D eigenvalue weighted by Crippen LogP contribution is 2.31. The lowest BCUT2D eigenvalue weighted by atomic mass is 9.87. The summed E-state index contributed by atoms with van der Waals surface area (Å²) < 4.78 is 0. The van der Waals surface area contributed by atoms with E-state index in [0.717, 1.165) is 19.0 Å². The Balaban J connectivity index is 1.92. The predicted octanol–water partition coefficient (Wildman–Crippen LogP) is 2.31. The summed E-state index contributed by atoms with van der Waals surface area (Å²) in [6, 6.07) is 0.650. The Bertz CT molecular complexity index is 273. The van der Waals surface area contributed by atoms with Crippen LogP contribution in [-0.2, 0) is 0 Å². The van der Waals surface area contributed by atoms with E-state index in [4.69, 9.17) is 5.73 Å². The molecule has 3 heteroatoms. The topological polar surface area (TPSA) is 32.5 Å². The summed E-state index contributed by atoms with van der Waals surface area (Å²) in [5.41, 5.74) is 6.41. The fourth-order valence-corrected chi connectivity index (χ4v) is 3.91. The minimum Gasteiger partial charge on any atom is -0.329 e.